The molecule has 0 saturated carbocycles. The molecule has 1 fully saturated rings. The highest BCUT2D eigenvalue weighted by Gasteiger charge is 2.37. The van der Waals surface area contributed by atoms with Crippen LogP contribution < -0.4 is 0 Å². The van der Waals surface area contributed by atoms with Gasteiger partial charge in [0.05, 0.1) is 12.1 Å². The van der Waals surface area contributed by atoms with E-state index in [4.69, 9.17) is 0 Å². The Morgan fingerprint density at radius 2 is 2.07 bits per heavy atom. The molecule has 0 bridgehead atoms. The molecule has 1 saturated heterocycles. The molecule has 2 aromatic heterocycles. The molecule has 0 aliphatic carbocycles. The van der Waals surface area contributed by atoms with Gasteiger partial charge < -0.3 is 19.1 Å². The summed E-state index contributed by atoms with van der Waals surface area (Å²) in [7, 11) is 1.89. The molecule has 8 nitrogen and oxygen atoms in total. The highest BCUT2D eigenvalue weighted by Crippen LogP contribution is 2.33. The van der Waals surface area contributed by atoms with Crippen LogP contribution in [0.3, 0.4) is 0 Å². The van der Waals surface area contributed by atoms with E-state index in [2.05, 4.69) is 33.5 Å². The van der Waals surface area contributed by atoms with E-state index in [9.17, 15) is 9.90 Å². The van der Waals surface area contributed by atoms with Gasteiger partial charge in [-0.3, -0.25) is 9.69 Å². The smallest absolute Gasteiger partial charge is 0.270 e. The summed E-state index contributed by atoms with van der Waals surface area (Å²) >= 11 is 0. The van der Waals surface area contributed by atoms with Gasteiger partial charge in [-0.15, -0.1) is 10.2 Å². The number of hydrogen-bond acceptors (Lipinski definition) is 5. The summed E-state index contributed by atoms with van der Waals surface area (Å²) in [6.45, 7) is 6.92. The third-order valence-corrected chi connectivity index (χ3v) is 5.78. The average molecular weight is 372 g/mol. The summed E-state index contributed by atoms with van der Waals surface area (Å²) in [6, 6.07) is 4.17. The van der Waals surface area contributed by atoms with Gasteiger partial charge in [-0.1, -0.05) is 0 Å². The molecule has 0 aromatic carbocycles. The van der Waals surface area contributed by atoms with E-state index in [-0.39, 0.29) is 18.1 Å². The Morgan fingerprint density at radius 3 is 2.78 bits per heavy atom. The summed E-state index contributed by atoms with van der Waals surface area (Å²) in [5.74, 6) is 1.91. The summed E-state index contributed by atoms with van der Waals surface area (Å²) in [5.41, 5.74) is 0.706. The molecule has 8 heteroatoms. The first kappa shape index (κ1) is 18.2. The largest absolute Gasteiger partial charge is 0.392 e. The Labute approximate surface area is 159 Å². The van der Waals surface area contributed by atoms with Crippen molar-refractivity contribution in [2.75, 3.05) is 19.6 Å². The lowest BCUT2D eigenvalue weighted by molar-refractivity contribution is 0.0748. The van der Waals surface area contributed by atoms with Crippen molar-refractivity contribution in [3.05, 3.63) is 35.7 Å². The Bertz CT molecular complexity index is 826. The fraction of sp³-hybridized carbons (Fsp3) is 0.632. The zero-order chi connectivity index (χ0) is 19.1. The predicted molar refractivity (Wildman–Crippen MR) is 100 cm³/mol. The number of likely N-dealkylation sites (tertiary alicyclic amines) is 1. The van der Waals surface area contributed by atoms with Gasteiger partial charge in [-0.05, 0) is 32.4 Å². The number of aromatic nitrogens is 4. The number of aliphatic hydroxyl groups is 1. The first-order chi connectivity index (χ1) is 13.0. The van der Waals surface area contributed by atoms with Crippen LogP contribution in [0.15, 0.2) is 18.3 Å². The standard InChI is InChI=1S/C19H28N6O2/c1-13(2)25-12-14(26)11-16(25)18-21-20-17-6-8-23(9-10-24(17)18)19(27)15-5-4-7-22(15)3/h4-5,7,13-14,16,26H,6,8-12H2,1-3H3/t14-,16+/m1/s1. The van der Waals surface area contributed by atoms with Gasteiger partial charge in [-0.25, -0.2) is 0 Å². The number of nitrogens with zero attached hydrogens (tertiary/aromatic N) is 6. The van der Waals surface area contributed by atoms with Gasteiger partial charge in [0.15, 0.2) is 5.82 Å². The number of aryl methyl sites for hydroxylation is 1. The highest BCUT2D eigenvalue weighted by molar-refractivity contribution is 5.92. The molecule has 0 spiro atoms. The molecule has 4 heterocycles. The van der Waals surface area contributed by atoms with Gasteiger partial charge in [0.2, 0.25) is 0 Å². The summed E-state index contributed by atoms with van der Waals surface area (Å²) in [5, 5.41) is 19.1. The van der Waals surface area contributed by atoms with Crippen LogP contribution in [0.2, 0.25) is 0 Å². The van der Waals surface area contributed by atoms with E-state index in [1.807, 2.05) is 34.8 Å². The maximum Gasteiger partial charge on any atom is 0.270 e. The number of rotatable bonds is 3. The number of fused-ring (bicyclic) bond motifs is 1. The lowest BCUT2D eigenvalue weighted by Gasteiger charge is -2.27. The van der Waals surface area contributed by atoms with Crippen molar-refractivity contribution in [1.82, 2.24) is 29.1 Å². The van der Waals surface area contributed by atoms with E-state index in [1.165, 1.54) is 0 Å². The van der Waals surface area contributed by atoms with E-state index in [0.29, 0.717) is 50.8 Å². The van der Waals surface area contributed by atoms with Gasteiger partial charge in [0.25, 0.3) is 5.91 Å². The van der Waals surface area contributed by atoms with Crippen LogP contribution in [0.25, 0.3) is 0 Å². The molecule has 146 valence electrons. The van der Waals surface area contributed by atoms with Crippen molar-refractivity contribution in [2.45, 2.75) is 51.4 Å². The molecule has 0 unspecified atom stereocenters. The van der Waals surface area contributed by atoms with Gasteiger partial charge in [0, 0.05) is 51.9 Å². The lowest BCUT2D eigenvalue weighted by atomic mass is 10.1. The van der Waals surface area contributed by atoms with Crippen LogP contribution in [-0.4, -0.2) is 71.9 Å². The third kappa shape index (κ3) is 3.27. The highest BCUT2D eigenvalue weighted by atomic mass is 16.3. The van der Waals surface area contributed by atoms with Crippen LogP contribution in [0.1, 0.15) is 48.4 Å². The molecule has 0 radical (unpaired) electrons. The van der Waals surface area contributed by atoms with E-state index in [0.717, 1.165) is 11.6 Å². The molecule has 2 aliphatic heterocycles. The quantitative estimate of drug-likeness (QED) is 0.863. The van der Waals surface area contributed by atoms with Crippen molar-refractivity contribution < 1.29 is 9.90 Å². The fourth-order valence-corrected chi connectivity index (χ4v) is 4.30. The topological polar surface area (TPSA) is 79.4 Å². The van der Waals surface area contributed by atoms with E-state index >= 15 is 0 Å². The molecule has 2 aromatic rings. The maximum atomic E-state index is 12.9. The number of β-amino-alcohol motifs (C(OH)–C–C–N with tert-alkyl or cyclic N) is 1. The Balaban J connectivity index is 1.54. The van der Waals surface area contributed by atoms with Crippen molar-refractivity contribution >= 4 is 5.91 Å². The molecule has 4 rings (SSSR count). The van der Waals surface area contributed by atoms with Crippen LogP contribution in [0.5, 0.6) is 0 Å². The van der Waals surface area contributed by atoms with Crippen molar-refractivity contribution in [3.8, 4) is 0 Å². The fourth-order valence-electron chi connectivity index (χ4n) is 4.30. The van der Waals surface area contributed by atoms with Crippen LogP contribution >= 0.6 is 0 Å². The summed E-state index contributed by atoms with van der Waals surface area (Å²) < 4.78 is 4.02. The molecule has 2 atom stereocenters. The monoisotopic (exact) mass is 372 g/mol. The molecule has 27 heavy (non-hydrogen) atoms. The van der Waals surface area contributed by atoms with Gasteiger partial charge >= 0.3 is 0 Å². The molecule has 1 amide bonds. The van der Waals surface area contributed by atoms with Crippen LogP contribution in [0.4, 0.5) is 0 Å². The Kier molecular flexibility index (Phi) is 4.77. The minimum Gasteiger partial charge on any atom is -0.392 e. The number of hydrogen-bond donors (Lipinski definition) is 1. The minimum atomic E-state index is -0.327. The summed E-state index contributed by atoms with van der Waals surface area (Å²) in [4.78, 5) is 17.0. The van der Waals surface area contributed by atoms with Crippen molar-refractivity contribution in [3.63, 3.8) is 0 Å². The first-order valence-corrected chi connectivity index (χ1v) is 9.72. The Hall–Kier alpha value is -2.19. The predicted octanol–water partition coefficient (Wildman–Crippen LogP) is 0.831. The zero-order valence-corrected chi connectivity index (χ0v) is 16.2. The second-order valence-electron chi connectivity index (χ2n) is 7.87. The van der Waals surface area contributed by atoms with E-state index < -0.39 is 0 Å². The molecule has 2 aliphatic rings. The molecular weight excluding hydrogens is 344 g/mol. The second kappa shape index (κ2) is 7.09. The van der Waals surface area contributed by atoms with Crippen LogP contribution in [-0.2, 0) is 20.0 Å². The van der Waals surface area contributed by atoms with Crippen molar-refractivity contribution in [1.29, 1.82) is 0 Å². The third-order valence-electron chi connectivity index (χ3n) is 5.78. The van der Waals surface area contributed by atoms with E-state index in [1.54, 1.807) is 0 Å². The van der Waals surface area contributed by atoms with Crippen LogP contribution in [0, 0.1) is 0 Å². The van der Waals surface area contributed by atoms with Gasteiger partial charge in [0.1, 0.15) is 11.5 Å². The Morgan fingerprint density at radius 1 is 1.26 bits per heavy atom. The number of carbonyl (C=O) groups is 1. The average Bonchev–Trinajstić information content (AvgIpc) is 3.29. The van der Waals surface area contributed by atoms with Crippen molar-refractivity contribution in [2.24, 2.45) is 7.05 Å². The minimum absolute atomic E-state index is 0.0582. The molecule has 1 N–H and O–H groups in total. The maximum absolute atomic E-state index is 12.9. The number of carbonyl (C=O) groups excluding carboxylic acids is 1. The second-order valence-corrected chi connectivity index (χ2v) is 7.87. The summed E-state index contributed by atoms with van der Waals surface area (Å²) in [6.07, 6.45) is 2.94. The number of aliphatic hydroxyl groups excluding tert-OH is 1. The molecular formula is C19H28N6O2. The van der Waals surface area contributed by atoms with Gasteiger partial charge in [-0.2, -0.15) is 0 Å². The first-order valence-electron chi connectivity index (χ1n) is 9.72. The normalized spacial score (nSPS) is 23.7. The lowest BCUT2D eigenvalue weighted by Crippen LogP contribution is -2.35. The SMILES string of the molecule is CC(C)N1C[C@H](O)C[C@H]1c1nnc2n1CCN(C(=O)c1cccn1C)CC2. The number of amides is 1. The zero-order valence-electron chi connectivity index (χ0n) is 16.2.